The van der Waals surface area contributed by atoms with Gasteiger partial charge in [-0.3, -0.25) is 0 Å². The summed E-state index contributed by atoms with van der Waals surface area (Å²) in [6.45, 7) is 5.46. The first-order valence-corrected chi connectivity index (χ1v) is 4.19. The highest BCUT2D eigenvalue weighted by atomic mass is 19.1. The molecular weight excluding hydrogens is 153 g/mol. The fourth-order valence-corrected chi connectivity index (χ4v) is 1.10. The zero-order valence-electron chi connectivity index (χ0n) is 7.52. The fraction of sp³-hybridized carbons (Fsp3) is 0.400. The third-order valence-electron chi connectivity index (χ3n) is 1.77. The highest BCUT2D eigenvalue weighted by molar-refractivity contribution is 5.23. The first kappa shape index (κ1) is 9.20. The molecule has 1 N–H and O–H groups in total. The predicted octanol–water partition coefficient (Wildman–Crippen LogP) is 2.24. The lowest BCUT2D eigenvalue weighted by atomic mass is 10.1. The van der Waals surface area contributed by atoms with Crippen LogP contribution in [0.1, 0.15) is 18.1 Å². The second-order valence-electron chi connectivity index (χ2n) is 2.88. The molecule has 0 amide bonds. The maximum atomic E-state index is 13.1. The maximum Gasteiger partial charge on any atom is 0.127 e. The molecule has 1 aromatic carbocycles. The van der Waals surface area contributed by atoms with Crippen molar-refractivity contribution in [3.8, 4) is 0 Å². The number of halogens is 1. The number of aryl methyl sites for hydroxylation is 1. The largest absolute Gasteiger partial charge is 0.313 e. The molecule has 0 radical (unpaired) electrons. The van der Waals surface area contributed by atoms with Crippen LogP contribution in [0.2, 0.25) is 0 Å². The first-order valence-electron chi connectivity index (χ1n) is 4.19. The molecule has 1 nitrogen and oxygen atoms in total. The molecule has 0 bridgehead atoms. The summed E-state index contributed by atoms with van der Waals surface area (Å²) in [6.07, 6.45) is 0. The maximum absolute atomic E-state index is 13.1. The Morgan fingerprint density at radius 1 is 1.42 bits per heavy atom. The molecule has 66 valence electrons. The van der Waals surface area contributed by atoms with Gasteiger partial charge in [-0.2, -0.15) is 0 Å². The molecule has 0 saturated heterocycles. The van der Waals surface area contributed by atoms with Crippen molar-refractivity contribution in [3.63, 3.8) is 0 Å². The van der Waals surface area contributed by atoms with Crippen LogP contribution in [0, 0.1) is 12.7 Å². The van der Waals surface area contributed by atoms with E-state index in [-0.39, 0.29) is 5.82 Å². The Morgan fingerprint density at radius 2 is 2.17 bits per heavy atom. The van der Waals surface area contributed by atoms with Crippen LogP contribution in [0.25, 0.3) is 0 Å². The van der Waals surface area contributed by atoms with E-state index in [9.17, 15) is 4.39 Å². The van der Waals surface area contributed by atoms with Gasteiger partial charge in [0.2, 0.25) is 0 Å². The summed E-state index contributed by atoms with van der Waals surface area (Å²) in [5, 5.41) is 3.09. The van der Waals surface area contributed by atoms with Crippen LogP contribution >= 0.6 is 0 Å². The van der Waals surface area contributed by atoms with Crippen molar-refractivity contribution in [2.45, 2.75) is 20.4 Å². The Bertz CT molecular complexity index is 258. The SMILES string of the molecule is CCNCc1cc(C)ccc1F. The number of benzene rings is 1. The standard InChI is InChI=1S/C10H14FN/c1-3-12-7-9-6-8(2)4-5-10(9)11/h4-6,12H,3,7H2,1-2H3. The van der Waals surface area contributed by atoms with Gasteiger partial charge in [-0.05, 0) is 19.5 Å². The van der Waals surface area contributed by atoms with Crippen LogP contribution in [-0.2, 0) is 6.54 Å². The molecule has 0 spiro atoms. The Balaban J connectivity index is 2.75. The van der Waals surface area contributed by atoms with Gasteiger partial charge in [-0.15, -0.1) is 0 Å². The van der Waals surface area contributed by atoms with Crippen molar-refractivity contribution in [1.29, 1.82) is 0 Å². The van der Waals surface area contributed by atoms with Gasteiger partial charge in [0.25, 0.3) is 0 Å². The van der Waals surface area contributed by atoms with E-state index < -0.39 is 0 Å². The topological polar surface area (TPSA) is 12.0 Å². The smallest absolute Gasteiger partial charge is 0.127 e. The van der Waals surface area contributed by atoms with Gasteiger partial charge in [0.05, 0.1) is 0 Å². The summed E-state index contributed by atoms with van der Waals surface area (Å²) in [7, 11) is 0. The fourth-order valence-electron chi connectivity index (χ4n) is 1.10. The highest BCUT2D eigenvalue weighted by Gasteiger charge is 1.99. The van der Waals surface area contributed by atoms with E-state index in [4.69, 9.17) is 0 Å². The molecule has 0 heterocycles. The predicted molar refractivity (Wildman–Crippen MR) is 48.5 cm³/mol. The van der Waals surface area contributed by atoms with Crippen LogP contribution < -0.4 is 5.32 Å². The molecule has 0 aliphatic carbocycles. The van der Waals surface area contributed by atoms with Crippen molar-refractivity contribution in [2.24, 2.45) is 0 Å². The monoisotopic (exact) mass is 167 g/mol. The lowest BCUT2D eigenvalue weighted by molar-refractivity contribution is 0.593. The zero-order chi connectivity index (χ0) is 8.97. The van der Waals surface area contributed by atoms with Crippen LogP contribution in [0.4, 0.5) is 4.39 Å². The van der Waals surface area contributed by atoms with Gasteiger partial charge >= 0.3 is 0 Å². The lowest BCUT2D eigenvalue weighted by Gasteiger charge is -2.04. The highest BCUT2D eigenvalue weighted by Crippen LogP contribution is 2.09. The van der Waals surface area contributed by atoms with Gasteiger partial charge in [0.15, 0.2) is 0 Å². The summed E-state index contributed by atoms with van der Waals surface area (Å²) in [5.74, 6) is -0.124. The van der Waals surface area contributed by atoms with Gasteiger partial charge in [0.1, 0.15) is 5.82 Å². The Labute approximate surface area is 72.6 Å². The van der Waals surface area contributed by atoms with Crippen molar-refractivity contribution < 1.29 is 4.39 Å². The summed E-state index contributed by atoms with van der Waals surface area (Å²) >= 11 is 0. The van der Waals surface area contributed by atoms with Gasteiger partial charge < -0.3 is 5.32 Å². The molecule has 0 atom stereocenters. The minimum atomic E-state index is -0.124. The van der Waals surface area contributed by atoms with E-state index in [1.54, 1.807) is 6.07 Å². The molecular formula is C10H14FN. The molecule has 0 aliphatic rings. The Kier molecular flexibility index (Phi) is 3.23. The second-order valence-corrected chi connectivity index (χ2v) is 2.88. The van der Waals surface area contributed by atoms with E-state index >= 15 is 0 Å². The Hall–Kier alpha value is -0.890. The molecule has 1 rings (SSSR count). The average molecular weight is 167 g/mol. The molecule has 1 aromatic rings. The minimum absolute atomic E-state index is 0.124. The zero-order valence-corrected chi connectivity index (χ0v) is 7.52. The summed E-state index contributed by atoms with van der Waals surface area (Å²) < 4.78 is 13.1. The van der Waals surface area contributed by atoms with E-state index in [1.165, 1.54) is 6.07 Å². The molecule has 0 fully saturated rings. The summed E-state index contributed by atoms with van der Waals surface area (Å²) in [4.78, 5) is 0. The van der Waals surface area contributed by atoms with Gasteiger partial charge in [0, 0.05) is 12.1 Å². The van der Waals surface area contributed by atoms with Crippen LogP contribution in [0.15, 0.2) is 18.2 Å². The van der Waals surface area contributed by atoms with Crippen LogP contribution in [-0.4, -0.2) is 6.54 Å². The molecule has 0 aromatic heterocycles. The second kappa shape index (κ2) is 4.21. The van der Waals surface area contributed by atoms with Crippen molar-refractivity contribution in [1.82, 2.24) is 5.32 Å². The summed E-state index contributed by atoms with van der Waals surface area (Å²) in [5.41, 5.74) is 1.85. The van der Waals surface area contributed by atoms with Gasteiger partial charge in [-0.25, -0.2) is 4.39 Å². The Morgan fingerprint density at radius 3 is 2.83 bits per heavy atom. The third kappa shape index (κ3) is 2.31. The van der Waals surface area contributed by atoms with Crippen molar-refractivity contribution >= 4 is 0 Å². The van der Waals surface area contributed by atoms with Gasteiger partial charge in [-0.1, -0.05) is 24.6 Å². The number of rotatable bonds is 3. The first-order chi connectivity index (χ1) is 5.74. The van der Waals surface area contributed by atoms with E-state index in [2.05, 4.69) is 5.32 Å². The molecule has 0 saturated carbocycles. The average Bonchev–Trinajstić information content (AvgIpc) is 2.07. The lowest BCUT2D eigenvalue weighted by Crippen LogP contribution is -2.12. The normalized spacial score (nSPS) is 10.2. The number of hydrogen-bond acceptors (Lipinski definition) is 1. The minimum Gasteiger partial charge on any atom is -0.313 e. The third-order valence-corrected chi connectivity index (χ3v) is 1.77. The van der Waals surface area contributed by atoms with Crippen molar-refractivity contribution in [3.05, 3.63) is 35.1 Å². The van der Waals surface area contributed by atoms with E-state index in [0.717, 1.165) is 17.7 Å². The summed E-state index contributed by atoms with van der Waals surface area (Å²) in [6, 6.07) is 5.17. The number of hydrogen-bond donors (Lipinski definition) is 1. The van der Waals surface area contributed by atoms with Crippen LogP contribution in [0.5, 0.6) is 0 Å². The van der Waals surface area contributed by atoms with E-state index in [0.29, 0.717) is 6.54 Å². The number of nitrogens with one attached hydrogen (secondary N) is 1. The van der Waals surface area contributed by atoms with Crippen molar-refractivity contribution in [2.75, 3.05) is 6.54 Å². The molecule has 2 heteroatoms. The molecule has 12 heavy (non-hydrogen) atoms. The molecule has 0 aliphatic heterocycles. The van der Waals surface area contributed by atoms with E-state index in [1.807, 2.05) is 19.9 Å². The molecule has 0 unspecified atom stereocenters. The van der Waals surface area contributed by atoms with Crippen LogP contribution in [0.3, 0.4) is 0 Å². The quantitative estimate of drug-likeness (QED) is 0.728.